The molecule has 0 aromatic rings. The second-order valence-corrected chi connectivity index (χ2v) is 20.2. The quantitative estimate of drug-likeness (QED) is 0.0261. The van der Waals surface area contributed by atoms with E-state index in [1.807, 2.05) is 12.2 Å². The van der Waals surface area contributed by atoms with Crippen LogP contribution >= 0.6 is 0 Å². The van der Waals surface area contributed by atoms with Gasteiger partial charge in [-0.25, -0.2) is 0 Å². The third-order valence-electron chi connectivity index (χ3n) is 12.7. The number of hydrogen-bond acceptors (Lipinski definition) is 6. The predicted molar refractivity (Wildman–Crippen MR) is 343 cm³/mol. The average molecular weight is 1090 g/mol. The standard InChI is InChI=1S/C73H114O6/c1-4-7-10-13-16-19-22-25-27-29-31-32-33-34-35-36-37-38-39-40-42-43-45-48-51-54-57-60-63-66-72(75)78-69-70(68-77-71(74)65-62-59-56-53-50-47-24-21-18-15-12-9-6-3)79-73(76)67-64-61-58-55-52-49-46-44-41-30-28-26-23-20-17-14-11-8-5-2/h7-12,16-21,25-28,31-32,34-35,37-38,41,44,47,50,56,59,70H,4-6,13-15,22-24,29-30,33,36,39-40,42-43,45-46,48-49,51-55,57-58,60-69H2,1-3H3/b10-7-,11-8-,12-9-,19-16-,20-17-,21-18-,27-25-,28-26-,32-31-,35-34-,38-37-,44-41-,50-47-,59-56-. The highest BCUT2D eigenvalue weighted by molar-refractivity contribution is 5.71. The van der Waals surface area contributed by atoms with Gasteiger partial charge >= 0.3 is 17.9 Å². The number of carbonyl (C=O) groups excluding carboxylic acids is 3. The molecule has 0 fully saturated rings. The Morgan fingerprint density at radius 2 is 0.481 bits per heavy atom. The summed E-state index contributed by atoms with van der Waals surface area (Å²) in [6, 6.07) is 0. The fourth-order valence-electron chi connectivity index (χ4n) is 8.10. The summed E-state index contributed by atoms with van der Waals surface area (Å²) in [5, 5.41) is 0. The third-order valence-corrected chi connectivity index (χ3v) is 12.7. The van der Waals surface area contributed by atoms with E-state index in [0.29, 0.717) is 12.8 Å². The van der Waals surface area contributed by atoms with E-state index in [-0.39, 0.29) is 44.0 Å². The van der Waals surface area contributed by atoms with Crippen LogP contribution in [0.4, 0.5) is 0 Å². The Labute approximate surface area is 485 Å². The SMILES string of the molecule is CC/C=C\C/C=C\C/C=C\C/C=C\C/C=C\C/C=C\CCCCCCCCCCCCC(=O)OCC(COC(=O)CC/C=C\C/C=C\C/C=C\C/C=C\CC)OC(=O)CCCCCCCC/C=C\C/C=C\C/C=C\C/C=C\CC. The topological polar surface area (TPSA) is 78.9 Å². The Morgan fingerprint density at radius 3 is 0.785 bits per heavy atom. The Morgan fingerprint density at radius 1 is 0.253 bits per heavy atom. The molecule has 0 radical (unpaired) electrons. The van der Waals surface area contributed by atoms with Gasteiger partial charge in [0, 0.05) is 19.3 Å². The summed E-state index contributed by atoms with van der Waals surface area (Å²) < 4.78 is 16.8. The molecule has 6 heteroatoms. The molecule has 0 aromatic carbocycles. The van der Waals surface area contributed by atoms with E-state index in [4.69, 9.17) is 14.2 Å². The number of esters is 3. The average Bonchev–Trinajstić information content (AvgIpc) is 3.45. The smallest absolute Gasteiger partial charge is 0.306 e. The molecule has 1 atom stereocenters. The molecule has 0 aromatic heterocycles. The van der Waals surface area contributed by atoms with Gasteiger partial charge in [0.1, 0.15) is 13.2 Å². The normalized spacial score (nSPS) is 13.3. The second kappa shape index (κ2) is 65.3. The third kappa shape index (κ3) is 63.5. The Bertz CT molecular complexity index is 1820. The molecule has 6 nitrogen and oxygen atoms in total. The van der Waals surface area contributed by atoms with Crippen molar-refractivity contribution in [1.29, 1.82) is 0 Å². The minimum absolute atomic E-state index is 0.116. The maximum absolute atomic E-state index is 12.9. The molecule has 0 saturated carbocycles. The Kier molecular flexibility index (Phi) is 61.0. The van der Waals surface area contributed by atoms with Crippen LogP contribution in [-0.4, -0.2) is 37.2 Å². The van der Waals surface area contributed by atoms with Crippen molar-refractivity contribution in [3.63, 3.8) is 0 Å². The van der Waals surface area contributed by atoms with Crippen molar-refractivity contribution >= 4 is 17.9 Å². The maximum atomic E-state index is 12.9. The van der Waals surface area contributed by atoms with Gasteiger partial charge in [-0.1, -0.05) is 268 Å². The van der Waals surface area contributed by atoms with Crippen molar-refractivity contribution in [2.24, 2.45) is 0 Å². The highest BCUT2D eigenvalue weighted by Crippen LogP contribution is 2.14. The van der Waals surface area contributed by atoms with E-state index in [9.17, 15) is 14.4 Å². The molecule has 1 unspecified atom stereocenters. The van der Waals surface area contributed by atoms with Crippen LogP contribution in [-0.2, 0) is 28.6 Å². The van der Waals surface area contributed by atoms with E-state index >= 15 is 0 Å². The second-order valence-electron chi connectivity index (χ2n) is 20.2. The van der Waals surface area contributed by atoms with Gasteiger partial charge in [-0.3, -0.25) is 14.4 Å². The summed E-state index contributed by atoms with van der Waals surface area (Å²) in [5.41, 5.74) is 0. The number of allylic oxidation sites excluding steroid dienone is 28. The summed E-state index contributed by atoms with van der Waals surface area (Å²) in [7, 11) is 0. The highest BCUT2D eigenvalue weighted by Gasteiger charge is 2.19. The van der Waals surface area contributed by atoms with Crippen molar-refractivity contribution in [2.45, 2.75) is 258 Å². The number of unbranched alkanes of at least 4 members (excludes halogenated alkanes) is 16. The molecule has 0 aliphatic rings. The molecule has 0 bridgehead atoms. The van der Waals surface area contributed by atoms with Gasteiger partial charge in [0.25, 0.3) is 0 Å². The van der Waals surface area contributed by atoms with Crippen LogP contribution in [0.1, 0.15) is 252 Å². The van der Waals surface area contributed by atoms with Gasteiger partial charge in [-0.2, -0.15) is 0 Å². The fraction of sp³-hybridized carbons (Fsp3) is 0.575. The first-order valence-electron chi connectivity index (χ1n) is 31.6. The molecule has 0 amide bonds. The maximum Gasteiger partial charge on any atom is 0.306 e. The lowest BCUT2D eigenvalue weighted by Crippen LogP contribution is -2.30. The molecule has 0 aliphatic heterocycles. The molecule has 79 heavy (non-hydrogen) atoms. The van der Waals surface area contributed by atoms with E-state index in [1.165, 1.54) is 57.8 Å². The summed E-state index contributed by atoms with van der Waals surface area (Å²) in [5.74, 6) is -1.02. The van der Waals surface area contributed by atoms with E-state index in [0.717, 1.165) is 148 Å². The first kappa shape index (κ1) is 73.8. The summed E-state index contributed by atoms with van der Waals surface area (Å²) in [6.45, 7) is 6.21. The van der Waals surface area contributed by atoms with Gasteiger partial charge in [-0.05, 0) is 135 Å². The molecule has 0 spiro atoms. The van der Waals surface area contributed by atoms with Gasteiger partial charge in [-0.15, -0.1) is 0 Å². The zero-order chi connectivity index (χ0) is 57.1. The molecule has 0 N–H and O–H groups in total. The molecule has 0 heterocycles. The zero-order valence-corrected chi connectivity index (χ0v) is 50.6. The molecule has 0 rings (SSSR count). The van der Waals surface area contributed by atoms with E-state index in [1.54, 1.807) is 0 Å². The monoisotopic (exact) mass is 1090 g/mol. The fourth-order valence-corrected chi connectivity index (χ4v) is 8.10. The van der Waals surface area contributed by atoms with Gasteiger partial charge < -0.3 is 14.2 Å². The van der Waals surface area contributed by atoms with Crippen molar-refractivity contribution in [2.75, 3.05) is 13.2 Å². The summed E-state index contributed by atoms with van der Waals surface area (Å²) >= 11 is 0. The molecular formula is C73H114O6. The molecule has 442 valence electrons. The lowest BCUT2D eigenvalue weighted by Gasteiger charge is -2.18. The van der Waals surface area contributed by atoms with Gasteiger partial charge in [0.15, 0.2) is 6.10 Å². The van der Waals surface area contributed by atoms with Crippen molar-refractivity contribution in [1.82, 2.24) is 0 Å². The van der Waals surface area contributed by atoms with Crippen LogP contribution < -0.4 is 0 Å². The van der Waals surface area contributed by atoms with Gasteiger partial charge in [0.2, 0.25) is 0 Å². The first-order chi connectivity index (χ1) is 39.0. The van der Waals surface area contributed by atoms with Gasteiger partial charge in [0.05, 0.1) is 0 Å². The van der Waals surface area contributed by atoms with E-state index < -0.39 is 6.10 Å². The zero-order valence-electron chi connectivity index (χ0n) is 50.6. The van der Waals surface area contributed by atoms with Crippen molar-refractivity contribution < 1.29 is 28.6 Å². The first-order valence-corrected chi connectivity index (χ1v) is 31.6. The van der Waals surface area contributed by atoms with E-state index in [2.05, 4.69) is 179 Å². The number of carbonyl (C=O) groups is 3. The minimum Gasteiger partial charge on any atom is -0.462 e. The van der Waals surface area contributed by atoms with Crippen LogP contribution in [0.3, 0.4) is 0 Å². The Balaban J connectivity index is 4.39. The van der Waals surface area contributed by atoms with Crippen LogP contribution in [0.5, 0.6) is 0 Å². The van der Waals surface area contributed by atoms with Crippen LogP contribution in [0, 0.1) is 0 Å². The van der Waals surface area contributed by atoms with Crippen LogP contribution in [0.25, 0.3) is 0 Å². The number of hydrogen-bond donors (Lipinski definition) is 0. The molecule has 0 aliphatic carbocycles. The highest BCUT2D eigenvalue weighted by atomic mass is 16.6. The Hall–Kier alpha value is -5.23. The van der Waals surface area contributed by atoms with Crippen LogP contribution in [0.15, 0.2) is 170 Å². The summed E-state index contributed by atoms with van der Waals surface area (Å²) in [4.78, 5) is 38.2. The van der Waals surface area contributed by atoms with Crippen LogP contribution in [0.2, 0.25) is 0 Å². The molecular weight excluding hydrogens is 973 g/mol. The predicted octanol–water partition coefficient (Wildman–Crippen LogP) is 21.9. The lowest BCUT2D eigenvalue weighted by atomic mass is 10.1. The molecule has 0 saturated heterocycles. The number of rotatable bonds is 55. The minimum atomic E-state index is -0.826. The van der Waals surface area contributed by atoms with Crippen molar-refractivity contribution in [3.05, 3.63) is 170 Å². The number of ether oxygens (including phenoxy) is 3. The lowest BCUT2D eigenvalue weighted by molar-refractivity contribution is -0.166. The summed E-state index contributed by atoms with van der Waals surface area (Å²) in [6.07, 6.45) is 96.6. The van der Waals surface area contributed by atoms with Crippen molar-refractivity contribution in [3.8, 4) is 0 Å². The largest absolute Gasteiger partial charge is 0.462 e.